The summed E-state index contributed by atoms with van der Waals surface area (Å²) in [6, 6.07) is 0.296. The van der Waals surface area contributed by atoms with Crippen molar-refractivity contribution < 1.29 is 14.7 Å². The quantitative estimate of drug-likeness (QED) is 0.784. The van der Waals surface area contributed by atoms with Crippen LogP contribution in [0.5, 0.6) is 0 Å². The topological polar surface area (TPSA) is 69.6 Å². The number of carboxylic acid groups (broad SMARTS) is 1. The molecule has 2 unspecified atom stereocenters. The van der Waals surface area contributed by atoms with E-state index in [1.807, 2.05) is 11.9 Å². The Hall–Kier alpha value is -1.26. The molecule has 21 heavy (non-hydrogen) atoms. The number of aliphatic carboxylic acids is 1. The number of carbonyl (C=O) groups excluding carboxylic acids is 1. The molecule has 0 radical (unpaired) electrons. The largest absolute Gasteiger partial charge is 0.481 e. The Morgan fingerprint density at radius 1 is 1.05 bits per heavy atom. The van der Waals surface area contributed by atoms with E-state index < -0.39 is 5.97 Å². The summed E-state index contributed by atoms with van der Waals surface area (Å²) in [6.45, 7) is 0.493. The van der Waals surface area contributed by atoms with Gasteiger partial charge in [-0.1, -0.05) is 32.1 Å². The van der Waals surface area contributed by atoms with Crippen molar-refractivity contribution in [1.82, 2.24) is 10.2 Å². The minimum Gasteiger partial charge on any atom is -0.481 e. The molecule has 0 spiro atoms. The van der Waals surface area contributed by atoms with Crippen molar-refractivity contribution in [2.45, 2.75) is 63.8 Å². The van der Waals surface area contributed by atoms with Crippen LogP contribution in [0.15, 0.2) is 0 Å². The molecule has 0 heterocycles. The number of amides is 2. The van der Waals surface area contributed by atoms with E-state index >= 15 is 0 Å². The molecule has 0 aromatic heterocycles. The van der Waals surface area contributed by atoms with E-state index in [1.165, 1.54) is 25.7 Å². The van der Waals surface area contributed by atoms with E-state index in [0.29, 0.717) is 12.6 Å². The van der Waals surface area contributed by atoms with Crippen LogP contribution in [0.3, 0.4) is 0 Å². The predicted molar refractivity (Wildman–Crippen MR) is 81.1 cm³/mol. The molecule has 2 rings (SSSR count). The van der Waals surface area contributed by atoms with Crippen molar-refractivity contribution in [1.29, 1.82) is 0 Å². The summed E-state index contributed by atoms with van der Waals surface area (Å²) in [5, 5.41) is 12.1. The van der Waals surface area contributed by atoms with Gasteiger partial charge in [-0.25, -0.2) is 4.79 Å². The first-order valence-electron chi connectivity index (χ1n) is 8.33. The second kappa shape index (κ2) is 7.66. The van der Waals surface area contributed by atoms with Crippen molar-refractivity contribution >= 4 is 12.0 Å². The molecule has 120 valence electrons. The van der Waals surface area contributed by atoms with Gasteiger partial charge in [0.2, 0.25) is 0 Å². The summed E-state index contributed by atoms with van der Waals surface area (Å²) in [7, 11) is 1.87. The van der Waals surface area contributed by atoms with Crippen molar-refractivity contribution in [3.8, 4) is 0 Å². The fraction of sp³-hybridized carbons (Fsp3) is 0.875. The Labute approximate surface area is 127 Å². The Morgan fingerprint density at radius 2 is 1.71 bits per heavy atom. The molecule has 2 atom stereocenters. The first-order valence-corrected chi connectivity index (χ1v) is 8.33. The summed E-state index contributed by atoms with van der Waals surface area (Å²) < 4.78 is 0. The van der Waals surface area contributed by atoms with E-state index in [4.69, 9.17) is 0 Å². The Kier molecular flexibility index (Phi) is 5.88. The van der Waals surface area contributed by atoms with Gasteiger partial charge < -0.3 is 15.3 Å². The van der Waals surface area contributed by atoms with Crippen LogP contribution < -0.4 is 5.32 Å². The Balaban J connectivity index is 1.79. The molecule has 2 aliphatic carbocycles. The second-order valence-electron chi connectivity index (χ2n) is 6.58. The number of rotatable bonds is 4. The van der Waals surface area contributed by atoms with Crippen LogP contribution in [0, 0.1) is 11.8 Å². The van der Waals surface area contributed by atoms with Crippen LogP contribution in [0.2, 0.25) is 0 Å². The van der Waals surface area contributed by atoms with Crippen LogP contribution in [0.25, 0.3) is 0 Å². The zero-order valence-electron chi connectivity index (χ0n) is 13.0. The molecule has 2 N–H and O–H groups in total. The van der Waals surface area contributed by atoms with Gasteiger partial charge in [0, 0.05) is 19.6 Å². The summed E-state index contributed by atoms with van der Waals surface area (Å²) in [5.41, 5.74) is 0. The SMILES string of the molecule is CN(C(=O)NCC1CCCC1C(=O)O)C1CCCCCC1. The number of nitrogens with zero attached hydrogens (tertiary/aromatic N) is 1. The highest BCUT2D eigenvalue weighted by Crippen LogP contribution is 2.31. The molecule has 0 aliphatic heterocycles. The molecule has 0 saturated heterocycles. The number of urea groups is 1. The van der Waals surface area contributed by atoms with Gasteiger partial charge in [0.1, 0.15) is 0 Å². The van der Waals surface area contributed by atoms with Gasteiger partial charge in [-0.05, 0) is 31.6 Å². The molecule has 5 heteroatoms. The van der Waals surface area contributed by atoms with E-state index in [1.54, 1.807) is 0 Å². The van der Waals surface area contributed by atoms with Gasteiger partial charge >= 0.3 is 12.0 Å². The first kappa shape index (κ1) is 16.1. The Morgan fingerprint density at radius 3 is 2.33 bits per heavy atom. The molecule has 0 aromatic rings. The van der Waals surface area contributed by atoms with Crippen molar-refractivity contribution in [2.75, 3.05) is 13.6 Å². The van der Waals surface area contributed by atoms with Gasteiger partial charge in [0.15, 0.2) is 0 Å². The molecule has 0 aromatic carbocycles. The minimum atomic E-state index is -0.719. The summed E-state index contributed by atoms with van der Waals surface area (Å²) in [6.07, 6.45) is 9.73. The van der Waals surface area contributed by atoms with E-state index in [2.05, 4.69) is 5.32 Å². The van der Waals surface area contributed by atoms with Gasteiger partial charge in [-0.3, -0.25) is 4.79 Å². The number of nitrogens with one attached hydrogen (secondary N) is 1. The minimum absolute atomic E-state index is 0.0436. The maximum atomic E-state index is 12.3. The highest BCUT2D eigenvalue weighted by atomic mass is 16.4. The maximum absolute atomic E-state index is 12.3. The molecular formula is C16H28N2O3. The highest BCUT2D eigenvalue weighted by molar-refractivity contribution is 5.74. The number of hydrogen-bond donors (Lipinski definition) is 2. The van der Waals surface area contributed by atoms with Crippen LogP contribution in [0.4, 0.5) is 4.79 Å². The molecule has 5 nitrogen and oxygen atoms in total. The smallest absolute Gasteiger partial charge is 0.317 e. The third-order valence-electron chi connectivity index (χ3n) is 5.18. The average Bonchev–Trinajstić information content (AvgIpc) is 2.77. The Bertz CT molecular complexity index is 365. The predicted octanol–water partition coefficient (Wildman–Crippen LogP) is 2.85. The van der Waals surface area contributed by atoms with E-state index in [9.17, 15) is 14.7 Å². The second-order valence-corrected chi connectivity index (χ2v) is 6.58. The summed E-state index contributed by atoms with van der Waals surface area (Å²) in [4.78, 5) is 25.2. The van der Waals surface area contributed by atoms with Crippen LogP contribution in [-0.4, -0.2) is 41.6 Å². The molecule has 2 saturated carbocycles. The lowest BCUT2D eigenvalue weighted by atomic mass is 9.96. The fourth-order valence-electron chi connectivity index (χ4n) is 3.76. The fourth-order valence-corrected chi connectivity index (χ4v) is 3.76. The number of carboxylic acids is 1. The van der Waals surface area contributed by atoms with Gasteiger partial charge in [-0.2, -0.15) is 0 Å². The summed E-state index contributed by atoms with van der Waals surface area (Å²) in [5.74, 6) is -0.911. The van der Waals surface area contributed by atoms with Crippen LogP contribution in [0.1, 0.15) is 57.8 Å². The van der Waals surface area contributed by atoms with E-state index in [0.717, 1.165) is 32.1 Å². The third kappa shape index (κ3) is 4.35. The van der Waals surface area contributed by atoms with Gasteiger partial charge in [0.25, 0.3) is 0 Å². The molecule has 2 aliphatic rings. The highest BCUT2D eigenvalue weighted by Gasteiger charge is 2.33. The molecule has 0 bridgehead atoms. The van der Waals surface area contributed by atoms with Gasteiger partial charge in [0.05, 0.1) is 5.92 Å². The number of hydrogen-bond acceptors (Lipinski definition) is 2. The lowest BCUT2D eigenvalue weighted by molar-refractivity contribution is -0.142. The lowest BCUT2D eigenvalue weighted by Gasteiger charge is -2.28. The van der Waals surface area contributed by atoms with E-state index in [-0.39, 0.29) is 17.9 Å². The maximum Gasteiger partial charge on any atom is 0.317 e. The van der Waals surface area contributed by atoms with Crippen molar-refractivity contribution in [2.24, 2.45) is 11.8 Å². The average molecular weight is 296 g/mol. The molecule has 2 amide bonds. The van der Waals surface area contributed by atoms with Crippen molar-refractivity contribution in [3.05, 3.63) is 0 Å². The number of carbonyl (C=O) groups is 2. The molecular weight excluding hydrogens is 268 g/mol. The summed E-state index contributed by atoms with van der Waals surface area (Å²) >= 11 is 0. The van der Waals surface area contributed by atoms with Crippen LogP contribution >= 0.6 is 0 Å². The van der Waals surface area contributed by atoms with Crippen molar-refractivity contribution in [3.63, 3.8) is 0 Å². The standard InChI is InChI=1S/C16H28N2O3/c1-18(13-8-4-2-3-5-9-13)16(21)17-11-12-7-6-10-14(12)15(19)20/h12-14H,2-11H2,1H3,(H,17,21)(H,19,20). The third-order valence-corrected chi connectivity index (χ3v) is 5.18. The molecule has 2 fully saturated rings. The lowest BCUT2D eigenvalue weighted by Crippen LogP contribution is -2.45. The van der Waals surface area contributed by atoms with Gasteiger partial charge in [-0.15, -0.1) is 0 Å². The first-order chi connectivity index (χ1) is 10.1. The zero-order valence-corrected chi connectivity index (χ0v) is 13.0. The normalized spacial score (nSPS) is 27.1. The van der Waals surface area contributed by atoms with Crippen LogP contribution in [-0.2, 0) is 4.79 Å². The zero-order chi connectivity index (χ0) is 15.2. The monoisotopic (exact) mass is 296 g/mol.